The normalized spacial score (nSPS) is 12.5. The quantitative estimate of drug-likeness (QED) is 0.702. The lowest BCUT2D eigenvalue weighted by atomic mass is 10.2. The minimum atomic E-state index is -0.862. The smallest absolute Gasteiger partial charge is 0.252 e. The van der Waals surface area contributed by atoms with E-state index in [1.165, 1.54) is 6.20 Å². The van der Waals surface area contributed by atoms with Crippen LogP contribution >= 0.6 is 0 Å². The average Bonchev–Trinajstić information content (AvgIpc) is 2.63. The molecule has 2 aromatic rings. The van der Waals surface area contributed by atoms with Crippen LogP contribution in [-0.2, 0) is 4.74 Å². The van der Waals surface area contributed by atoms with E-state index in [1.807, 2.05) is 20.8 Å². The Kier molecular flexibility index (Phi) is 7.06. The minimum absolute atomic E-state index is 0.0677. The number of amides is 1. The summed E-state index contributed by atoms with van der Waals surface area (Å²) in [6, 6.07) is 8.49. The Hall–Kier alpha value is -2.51. The number of rotatable bonds is 8. The highest BCUT2D eigenvalue weighted by Gasteiger charge is 2.12. The van der Waals surface area contributed by atoms with Crippen LogP contribution in [0.25, 0.3) is 0 Å². The lowest BCUT2D eigenvalue weighted by Crippen LogP contribution is -2.28. The first-order valence-corrected chi connectivity index (χ1v) is 8.45. The van der Waals surface area contributed by atoms with Gasteiger partial charge in [0, 0.05) is 25.0 Å². The summed E-state index contributed by atoms with van der Waals surface area (Å²) >= 11 is 0. The van der Waals surface area contributed by atoms with Crippen LogP contribution in [-0.4, -0.2) is 46.3 Å². The Morgan fingerprint density at radius 3 is 2.62 bits per heavy atom. The number of pyridine rings is 2. The molecule has 26 heavy (non-hydrogen) atoms. The van der Waals surface area contributed by atoms with Gasteiger partial charge in [0.15, 0.2) is 0 Å². The van der Waals surface area contributed by atoms with Gasteiger partial charge in [-0.3, -0.25) is 9.78 Å². The van der Waals surface area contributed by atoms with Gasteiger partial charge in [-0.05, 0) is 39.0 Å². The van der Waals surface area contributed by atoms with E-state index < -0.39 is 6.10 Å². The standard InChI is InChI=1S/C19H25N3O4/c1-19(2,3)26-11-10-25-17-8-7-14(12-21-17)18(24)22-13-16(23)15-6-4-5-9-20-15/h4-9,12,16,23H,10-11,13H2,1-3H3,(H,22,24). The van der Waals surface area contributed by atoms with Crippen molar-refractivity contribution in [3.8, 4) is 5.88 Å². The minimum Gasteiger partial charge on any atom is -0.475 e. The zero-order chi connectivity index (χ0) is 19.0. The van der Waals surface area contributed by atoms with Crippen molar-refractivity contribution in [2.45, 2.75) is 32.5 Å². The highest BCUT2D eigenvalue weighted by Crippen LogP contribution is 2.11. The van der Waals surface area contributed by atoms with E-state index >= 15 is 0 Å². The first kappa shape index (κ1) is 19.8. The Bertz CT molecular complexity index is 684. The Morgan fingerprint density at radius 1 is 1.19 bits per heavy atom. The monoisotopic (exact) mass is 359 g/mol. The summed E-state index contributed by atoms with van der Waals surface area (Å²) in [6.45, 7) is 6.83. The van der Waals surface area contributed by atoms with Crippen molar-refractivity contribution in [3.05, 3.63) is 54.0 Å². The molecule has 0 aromatic carbocycles. The molecule has 0 spiro atoms. The molecule has 7 heteroatoms. The number of hydrogen-bond acceptors (Lipinski definition) is 6. The number of aliphatic hydroxyl groups is 1. The molecule has 0 saturated heterocycles. The summed E-state index contributed by atoms with van der Waals surface area (Å²) in [7, 11) is 0. The number of carbonyl (C=O) groups is 1. The maximum Gasteiger partial charge on any atom is 0.252 e. The molecular formula is C19H25N3O4. The third-order valence-corrected chi connectivity index (χ3v) is 3.35. The molecule has 0 aliphatic rings. The van der Waals surface area contributed by atoms with Crippen LogP contribution in [0.1, 0.15) is 42.9 Å². The number of ether oxygens (including phenoxy) is 2. The lowest BCUT2D eigenvalue weighted by molar-refractivity contribution is -0.0168. The highest BCUT2D eigenvalue weighted by atomic mass is 16.5. The van der Waals surface area contributed by atoms with Gasteiger partial charge in [-0.25, -0.2) is 4.98 Å². The molecule has 0 saturated carbocycles. The maximum atomic E-state index is 12.1. The number of aliphatic hydroxyl groups excluding tert-OH is 1. The summed E-state index contributed by atoms with van der Waals surface area (Å²) in [4.78, 5) is 20.3. The topological polar surface area (TPSA) is 93.6 Å². The van der Waals surface area contributed by atoms with E-state index in [1.54, 1.807) is 36.5 Å². The van der Waals surface area contributed by atoms with Gasteiger partial charge >= 0.3 is 0 Å². The Labute approximate surface area is 153 Å². The van der Waals surface area contributed by atoms with Gasteiger partial charge in [0.25, 0.3) is 5.91 Å². The fourth-order valence-electron chi connectivity index (χ4n) is 2.06. The van der Waals surface area contributed by atoms with E-state index in [4.69, 9.17) is 9.47 Å². The number of aromatic nitrogens is 2. The van der Waals surface area contributed by atoms with Crippen molar-refractivity contribution in [3.63, 3.8) is 0 Å². The third kappa shape index (κ3) is 6.78. The van der Waals surface area contributed by atoms with Crippen LogP contribution in [0.15, 0.2) is 42.7 Å². The van der Waals surface area contributed by atoms with Crippen molar-refractivity contribution in [1.29, 1.82) is 0 Å². The second-order valence-electron chi connectivity index (χ2n) is 6.67. The second-order valence-corrected chi connectivity index (χ2v) is 6.67. The van der Waals surface area contributed by atoms with Crippen LogP contribution in [0, 0.1) is 0 Å². The fraction of sp³-hybridized carbons (Fsp3) is 0.421. The van der Waals surface area contributed by atoms with Gasteiger partial charge in [-0.15, -0.1) is 0 Å². The third-order valence-electron chi connectivity index (χ3n) is 3.35. The van der Waals surface area contributed by atoms with Crippen molar-refractivity contribution >= 4 is 5.91 Å². The number of nitrogens with one attached hydrogen (secondary N) is 1. The zero-order valence-electron chi connectivity index (χ0n) is 15.3. The van der Waals surface area contributed by atoms with Crippen molar-refractivity contribution < 1.29 is 19.4 Å². The van der Waals surface area contributed by atoms with E-state index in [2.05, 4.69) is 15.3 Å². The predicted octanol–water partition coefficient (Wildman–Crippen LogP) is 2.13. The molecule has 0 fully saturated rings. The van der Waals surface area contributed by atoms with E-state index in [0.29, 0.717) is 30.4 Å². The molecule has 2 N–H and O–H groups in total. The molecule has 1 atom stereocenters. The van der Waals surface area contributed by atoms with Crippen LogP contribution in [0.2, 0.25) is 0 Å². The molecule has 1 amide bonds. The molecule has 2 rings (SSSR count). The molecule has 1 unspecified atom stereocenters. The summed E-state index contributed by atoms with van der Waals surface area (Å²) in [5.41, 5.74) is 0.683. The lowest BCUT2D eigenvalue weighted by Gasteiger charge is -2.19. The van der Waals surface area contributed by atoms with Gasteiger partial charge in [-0.1, -0.05) is 6.07 Å². The van der Waals surface area contributed by atoms with Gasteiger partial charge in [-0.2, -0.15) is 0 Å². The van der Waals surface area contributed by atoms with Gasteiger partial charge in [0.05, 0.1) is 23.5 Å². The maximum absolute atomic E-state index is 12.1. The van der Waals surface area contributed by atoms with Gasteiger partial charge < -0.3 is 19.9 Å². The molecular weight excluding hydrogens is 334 g/mol. The summed E-state index contributed by atoms with van der Waals surface area (Å²) in [6.07, 6.45) is 2.16. The van der Waals surface area contributed by atoms with Crippen LogP contribution in [0.5, 0.6) is 5.88 Å². The highest BCUT2D eigenvalue weighted by molar-refractivity contribution is 5.93. The zero-order valence-corrected chi connectivity index (χ0v) is 15.3. The summed E-state index contributed by atoms with van der Waals surface area (Å²) in [5, 5.41) is 12.7. The van der Waals surface area contributed by atoms with Crippen LogP contribution in [0.3, 0.4) is 0 Å². The Morgan fingerprint density at radius 2 is 2.00 bits per heavy atom. The predicted molar refractivity (Wildman–Crippen MR) is 97.0 cm³/mol. The van der Waals surface area contributed by atoms with E-state index in [-0.39, 0.29) is 18.1 Å². The number of nitrogens with zero attached hydrogens (tertiary/aromatic N) is 2. The molecule has 2 heterocycles. The molecule has 0 aliphatic carbocycles. The number of hydrogen-bond donors (Lipinski definition) is 2. The molecule has 7 nitrogen and oxygen atoms in total. The van der Waals surface area contributed by atoms with Crippen molar-refractivity contribution in [1.82, 2.24) is 15.3 Å². The molecule has 140 valence electrons. The molecule has 2 aromatic heterocycles. The van der Waals surface area contributed by atoms with Crippen molar-refractivity contribution in [2.75, 3.05) is 19.8 Å². The summed E-state index contributed by atoms with van der Waals surface area (Å²) < 4.78 is 11.0. The van der Waals surface area contributed by atoms with Crippen LogP contribution in [0.4, 0.5) is 0 Å². The van der Waals surface area contributed by atoms with E-state index in [9.17, 15) is 9.90 Å². The second kappa shape index (κ2) is 9.26. The average molecular weight is 359 g/mol. The SMILES string of the molecule is CC(C)(C)OCCOc1ccc(C(=O)NCC(O)c2ccccn2)cn1. The van der Waals surface area contributed by atoms with Crippen molar-refractivity contribution in [2.24, 2.45) is 0 Å². The first-order chi connectivity index (χ1) is 12.3. The molecule has 0 radical (unpaired) electrons. The van der Waals surface area contributed by atoms with Crippen LogP contribution < -0.4 is 10.1 Å². The number of carbonyl (C=O) groups excluding carboxylic acids is 1. The van der Waals surface area contributed by atoms with Gasteiger partial charge in [0.1, 0.15) is 12.7 Å². The summed E-state index contributed by atoms with van der Waals surface area (Å²) in [5.74, 6) is 0.0997. The largest absolute Gasteiger partial charge is 0.475 e. The fourth-order valence-corrected chi connectivity index (χ4v) is 2.06. The Balaban J connectivity index is 1.77. The first-order valence-electron chi connectivity index (χ1n) is 8.45. The molecule has 0 aliphatic heterocycles. The van der Waals surface area contributed by atoms with Gasteiger partial charge in [0.2, 0.25) is 5.88 Å². The molecule has 0 bridgehead atoms. The van der Waals surface area contributed by atoms with E-state index in [0.717, 1.165) is 0 Å².